The van der Waals surface area contributed by atoms with Gasteiger partial charge in [-0.05, 0) is 35.9 Å². The van der Waals surface area contributed by atoms with Crippen LogP contribution in [0, 0.1) is 0 Å². The number of allylic oxidation sites excluding steroid dienone is 2. The molecule has 0 heterocycles. The minimum atomic E-state index is 0.875. The highest BCUT2D eigenvalue weighted by Crippen LogP contribution is 1.92. The van der Waals surface area contributed by atoms with Crippen molar-refractivity contribution >= 4 is 20.6 Å². The van der Waals surface area contributed by atoms with Gasteiger partial charge in [0.1, 0.15) is 0 Å². The molecule has 1 nitrogen and oxygen atoms in total. The van der Waals surface area contributed by atoms with Gasteiger partial charge < -0.3 is 0 Å². The minimum absolute atomic E-state index is 0.875. The van der Waals surface area contributed by atoms with Crippen molar-refractivity contribution in [1.82, 2.24) is 0 Å². The van der Waals surface area contributed by atoms with E-state index in [2.05, 4.69) is 27.5 Å². The molecule has 0 amide bonds. The molecule has 0 saturated carbocycles. The first-order chi connectivity index (χ1) is 4.13. The lowest BCUT2D eigenvalue weighted by atomic mass is 10.3. The fourth-order valence-electron chi connectivity index (χ4n) is 0.267. The van der Waals surface area contributed by atoms with Crippen molar-refractivity contribution in [2.75, 3.05) is 0 Å². The summed E-state index contributed by atoms with van der Waals surface area (Å²) in [6.45, 7) is 7.48. The zero-order valence-corrected chi connectivity index (χ0v) is 7.27. The second kappa shape index (κ2) is 4.50. The summed E-state index contributed by atoms with van der Waals surface area (Å²) in [7, 11) is 0. The smallest absolute Gasteiger partial charge is 0.0798 e. The van der Waals surface area contributed by atoms with Gasteiger partial charge >= 0.3 is 0 Å². The van der Waals surface area contributed by atoms with Crippen LogP contribution in [0.5, 0.6) is 0 Å². The fourth-order valence-corrected chi connectivity index (χ4v) is 0.385. The van der Waals surface area contributed by atoms with Crippen molar-refractivity contribution < 1.29 is 0 Å². The highest BCUT2D eigenvalue weighted by Gasteiger charge is 1.73. The molecular weight excluding hydrogens is 178 g/mol. The lowest BCUT2D eigenvalue weighted by Gasteiger charge is -1.81. The molecule has 0 spiro atoms. The number of halogens is 1. The van der Waals surface area contributed by atoms with E-state index in [-0.39, 0.29) is 0 Å². The first kappa shape index (κ1) is 8.63. The molecule has 0 aromatic rings. The molecule has 0 radical (unpaired) electrons. The lowest BCUT2D eigenvalue weighted by molar-refractivity contribution is 1.49. The number of hydrogen-bond acceptors (Lipinski definition) is 1. The summed E-state index contributed by atoms with van der Waals surface area (Å²) in [5.41, 5.74) is 1.01. The van der Waals surface area contributed by atoms with Gasteiger partial charge in [-0.25, -0.2) is 0 Å². The number of aliphatic imine (C=N–C) groups is 1. The highest BCUT2D eigenvalue weighted by atomic mass is 79.9. The Morgan fingerprint density at radius 2 is 2.11 bits per heavy atom. The quantitative estimate of drug-likeness (QED) is 0.466. The Labute approximate surface area is 64.3 Å². The second-order valence-electron chi connectivity index (χ2n) is 1.79. The fraction of sp³-hybridized carbons (Fsp3) is 0.286. The summed E-state index contributed by atoms with van der Waals surface area (Å²) in [4.78, 5) is 3.96. The predicted octanol–water partition coefficient (Wildman–Crippen LogP) is 2.89. The zero-order valence-electron chi connectivity index (χ0n) is 5.69. The van der Waals surface area contributed by atoms with Crippen LogP contribution >= 0.6 is 15.9 Å². The van der Waals surface area contributed by atoms with Crippen LogP contribution in [0.3, 0.4) is 0 Å². The molecule has 0 aromatic carbocycles. The average molecular weight is 188 g/mol. The summed E-state index contributed by atoms with van der Waals surface area (Å²) in [5.74, 6) is 0. The molecule has 2 heteroatoms. The topological polar surface area (TPSA) is 12.4 Å². The van der Waals surface area contributed by atoms with Crippen LogP contribution in [0.15, 0.2) is 29.4 Å². The molecule has 0 aromatic heterocycles. The Kier molecular flexibility index (Phi) is 4.32. The zero-order chi connectivity index (χ0) is 7.28. The maximum absolute atomic E-state index is 3.96. The van der Waals surface area contributed by atoms with Crippen molar-refractivity contribution in [3.63, 3.8) is 0 Å². The van der Waals surface area contributed by atoms with Gasteiger partial charge in [0.15, 0.2) is 0 Å². The first-order valence-corrected chi connectivity index (χ1v) is 3.44. The Morgan fingerprint density at radius 3 is 2.44 bits per heavy atom. The first-order valence-electron chi connectivity index (χ1n) is 2.65. The van der Waals surface area contributed by atoms with E-state index in [1.165, 1.54) is 0 Å². The summed E-state index contributed by atoms with van der Waals surface area (Å²) in [5, 5.41) is 0. The Bertz CT molecular complexity index is 152. The van der Waals surface area contributed by atoms with Gasteiger partial charge in [0.25, 0.3) is 0 Å². The van der Waals surface area contributed by atoms with Gasteiger partial charge in [0.05, 0.1) is 4.62 Å². The third kappa shape index (κ3) is 7.63. The molecule has 0 aliphatic rings. The number of rotatable bonds is 2. The summed E-state index contributed by atoms with van der Waals surface area (Å²) in [6, 6.07) is 0. The van der Waals surface area contributed by atoms with E-state index in [0.717, 1.165) is 10.2 Å². The molecular formula is C7H10BrN. The average Bonchev–Trinajstić information content (AvgIpc) is 1.63. The third-order valence-electron chi connectivity index (χ3n) is 0.611. The molecule has 50 valence electrons. The van der Waals surface area contributed by atoms with Gasteiger partial charge in [-0.1, -0.05) is 12.2 Å². The van der Waals surface area contributed by atoms with Crippen molar-refractivity contribution in [3.8, 4) is 0 Å². The maximum atomic E-state index is 3.96. The van der Waals surface area contributed by atoms with E-state index < -0.39 is 0 Å². The molecule has 0 aliphatic heterocycles. The Hall–Kier alpha value is -0.370. The number of nitrogens with zero attached hydrogens (tertiary/aromatic N) is 1. The van der Waals surface area contributed by atoms with Crippen LogP contribution in [0.4, 0.5) is 0 Å². The molecule has 0 bridgehead atoms. The van der Waals surface area contributed by atoms with Gasteiger partial charge in [0, 0.05) is 6.20 Å². The minimum Gasteiger partial charge on any atom is -0.254 e. The van der Waals surface area contributed by atoms with Crippen molar-refractivity contribution in [2.24, 2.45) is 4.99 Å². The molecule has 0 N–H and O–H groups in total. The molecule has 0 saturated heterocycles. The molecule has 0 aliphatic carbocycles. The van der Waals surface area contributed by atoms with Crippen molar-refractivity contribution in [2.45, 2.75) is 13.8 Å². The van der Waals surface area contributed by atoms with Gasteiger partial charge in [-0.3, -0.25) is 4.99 Å². The third-order valence-corrected chi connectivity index (χ3v) is 0.816. The maximum Gasteiger partial charge on any atom is 0.0798 e. The standard InChI is InChI=1S/C7H10BrN/c1-6(2)4-5-9-7(3)8/h4-5H,1H2,2-3H3/b5-4-,9-7?. The highest BCUT2D eigenvalue weighted by molar-refractivity contribution is 9.18. The van der Waals surface area contributed by atoms with Crippen molar-refractivity contribution in [3.05, 3.63) is 24.4 Å². The van der Waals surface area contributed by atoms with E-state index in [9.17, 15) is 0 Å². The summed E-state index contributed by atoms with van der Waals surface area (Å²) >= 11 is 3.19. The molecule has 0 atom stereocenters. The van der Waals surface area contributed by atoms with Gasteiger partial charge in [-0.2, -0.15) is 0 Å². The molecule has 0 rings (SSSR count). The van der Waals surface area contributed by atoms with Crippen molar-refractivity contribution in [1.29, 1.82) is 0 Å². The van der Waals surface area contributed by atoms with E-state index in [1.807, 2.05) is 19.9 Å². The van der Waals surface area contributed by atoms with E-state index in [0.29, 0.717) is 0 Å². The van der Waals surface area contributed by atoms with Gasteiger partial charge in [0.2, 0.25) is 0 Å². The summed E-state index contributed by atoms with van der Waals surface area (Å²) in [6.07, 6.45) is 3.57. The van der Waals surface area contributed by atoms with E-state index >= 15 is 0 Å². The van der Waals surface area contributed by atoms with E-state index in [4.69, 9.17) is 0 Å². The Morgan fingerprint density at radius 1 is 1.56 bits per heavy atom. The molecule has 0 fully saturated rings. The van der Waals surface area contributed by atoms with Crippen LogP contribution in [-0.2, 0) is 0 Å². The van der Waals surface area contributed by atoms with E-state index in [1.54, 1.807) is 6.20 Å². The molecule has 9 heavy (non-hydrogen) atoms. The number of hydrogen-bond donors (Lipinski definition) is 0. The normalized spacial score (nSPS) is 12.6. The Balaban J connectivity index is 3.74. The lowest BCUT2D eigenvalue weighted by Crippen LogP contribution is -1.68. The second-order valence-corrected chi connectivity index (χ2v) is 2.94. The van der Waals surface area contributed by atoms with Crippen LogP contribution in [0.25, 0.3) is 0 Å². The van der Waals surface area contributed by atoms with Crippen LogP contribution < -0.4 is 0 Å². The van der Waals surface area contributed by atoms with Crippen LogP contribution in [0.1, 0.15) is 13.8 Å². The largest absolute Gasteiger partial charge is 0.254 e. The van der Waals surface area contributed by atoms with Gasteiger partial charge in [-0.15, -0.1) is 0 Å². The molecule has 0 unspecified atom stereocenters. The van der Waals surface area contributed by atoms with Crippen LogP contribution in [0.2, 0.25) is 0 Å². The SMILES string of the molecule is C=C(C)/C=C\N=C(C)Br. The summed E-state index contributed by atoms with van der Waals surface area (Å²) < 4.78 is 0.875. The van der Waals surface area contributed by atoms with Crippen LogP contribution in [-0.4, -0.2) is 4.62 Å². The monoisotopic (exact) mass is 187 g/mol. The predicted molar refractivity (Wildman–Crippen MR) is 46.0 cm³/mol.